The van der Waals surface area contributed by atoms with Crippen LogP contribution in [0.4, 0.5) is 0 Å². The van der Waals surface area contributed by atoms with Gasteiger partial charge in [0.1, 0.15) is 5.15 Å². The van der Waals surface area contributed by atoms with Crippen LogP contribution in [0.25, 0.3) is 10.9 Å². The molecule has 0 spiro atoms. The second-order valence-corrected chi connectivity index (χ2v) is 12.3. The van der Waals surface area contributed by atoms with Gasteiger partial charge < -0.3 is 5.11 Å². The predicted octanol–water partition coefficient (Wildman–Crippen LogP) is 4.96. The maximum absolute atomic E-state index is 12.4. The molecular formula is C28H25Cl2N5O3S. The summed E-state index contributed by atoms with van der Waals surface area (Å²) >= 11 is 13.5. The zero-order valence-corrected chi connectivity index (χ0v) is 24.0. The molecule has 5 aromatic rings. The molecule has 5 rings (SSSR count). The van der Waals surface area contributed by atoms with Gasteiger partial charge in [0.15, 0.2) is 15.4 Å². The number of aryl methyl sites for hydroxylation is 3. The minimum atomic E-state index is -3.31. The van der Waals surface area contributed by atoms with E-state index in [0.29, 0.717) is 50.4 Å². The molecule has 0 aliphatic heterocycles. The number of aromatic nitrogens is 5. The maximum Gasteiger partial charge on any atom is 0.175 e. The summed E-state index contributed by atoms with van der Waals surface area (Å²) in [5, 5.41) is 21.7. The molecule has 3 heterocycles. The summed E-state index contributed by atoms with van der Waals surface area (Å²) in [6.45, 7) is 3.74. The highest BCUT2D eigenvalue weighted by atomic mass is 35.5. The maximum atomic E-state index is 12.4. The average molecular weight is 583 g/mol. The third kappa shape index (κ3) is 4.91. The standard InChI is InChI=1S/C28H25Cl2N5O3S/c1-16-5-11-23(17(2)32-16)28(36,25-15-31-34-35(25)3)19-8-12-24-21(14-19)26(29)22(27(30)33-24)13-18-6-9-20(10-7-18)39(4,37)38/h5-12,14-15,36H,13H2,1-4H3. The Morgan fingerprint density at radius 3 is 2.33 bits per heavy atom. The first-order valence-electron chi connectivity index (χ1n) is 12.0. The Morgan fingerprint density at radius 2 is 1.72 bits per heavy atom. The number of fused-ring (bicyclic) bond motifs is 1. The molecule has 200 valence electrons. The molecule has 0 saturated carbocycles. The van der Waals surface area contributed by atoms with Crippen molar-refractivity contribution in [2.75, 3.05) is 6.26 Å². The first-order chi connectivity index (χ1) is 18.4. The predicted molar refractivity (Wildman–Crippen MR) is 151 cm³/mol. The lowest BCUT2D eigenvalue weighted by Crippen LogP contribution is -2.32. The van der Waals surface area contributed by atoms with Crippen LogP contribution < -0.4 is 0 Å². The van der Waals surface area contributed by atoms with Gasteiger partial charge in [-0.15, -0.1) is 5.10 Å². The summed E-state index contributed by atoms with van der Waals surface area (Å²) in [6.07, 6.45) is 3.03. The number of benzene rings is 2. The van der Waals surface area contributed by atoms with Crippen LogP contribution in [0.3, 0.4) is 0 Å². The van der Waals surface area contributed by atoms with Gasteiger partial charge in [0.25, 0.3) is 0 Å². The summed E-state index contributed by atoms with van der Waals surface area (Å²) in [5.74, 6) is 0. The molecule has 0 amide bonds. The van der Waals surface area contributed by atoms with Crippen molar-refractivity contribution in [2.24, 2.45) is 7.05 Å². The number of hydrogen-bond donors (Lipinski definition) is 1. The van der Waals surface area contributed by atoms with Crippen LogP contribution in [-0.4, -0.2) is 44.7 Å². The fourth-order valence-electron chi connectivity index (χ4n) is 4.80. The Balaban J connectivity index is 1.67. The highest BCUT2D eigenvalue weighted by Gasteiger charge is 2.39. The number of hydrogen-bond acceptors (Lipinski definition) is 7. The van der Waals surface area contributed by atoms with Crippen molar-refractivity contribution >= 4 is 43.9 Å². The zero-order chi connectivity index (χ0) is 28.1. The van der Waals surface area contributed by atoms with Crippen molar-refractivity contribution in [2.45, 2.75) is 30.8 Å². The lowest BCUT2D eigenvalue weighted by Gasteiger charge is -2.30. The first kappa shape index (κ1) is 27.2. The molecule has 39 heavy (non-hydrogen) atoms. The third-order valence-corrected chi connectivity index (χ3v) is 8.69. The molecule has 0 fully saturated rings. The lowest BCUT2D eigenvalue weighted by molar-refractivity contribution is 0.115. The molecule has 2 aromatic carbocycles. The fourth-order valence-corrected chi connectivity index (χ4v) is 6.04. The van der Waals surface area contributed by atoms with E-state index in [4.69, 9.17) is 23.2 Å². The van der Waals surface area contributed by atoms with E-state index in [2.05, 4.69) is 20.3 Å². The molecule has 11 heteroatoms. The van der Waals surface area contributed by atoms with Gasteiger partial charge >= 0.3 is 0 Å². The van der Waals surface area contributed by atoms with Crippen LogP contribution in [-0.2, 0) is 28.9 Å². The van der Waals surface area contributed by atoms with Gasteiger partial charge in [-0.25, -0.2) is 18.1 Å². The number of sulfone groups is 1. The van der Waals surface area contributed by atoms with Crippen molar-refractivity contribution in [3.05, 3.63) is 110 Å². The van der Waals surface area contributed by atoms with Gasteiger partial charge in [-0.2, -0.15) is 0 Å². The second-order valence-electron chi connectivity index (χ2n) is 9.56. The molecule has 8 nitrogen and oxygen atoms in total. The zero-order valence-electron chi connectivity index (χ0n) is 21.6. The van der Waals surface area contributed by atoms with Crippen molar-refractivity contribution in [1.29, 1.82) is 0 Å². The topological polar surface area (TPSA) is 111 Å². The van der Waals surface area contributed by atoms with Gasteiger partial charge in [0.05, 0.1) is 27.3 Å². The Hall–Kier alpha value is -3.37. The van der Waals surface area contributed by atoms with Crippen molar-refractivity contribution in [3.63, 3.8) is 0 Å². The van der Waals surface area contributed by atoms with E-state index in [9.17, 15) is 13.5 Å². The molecule has 3 aromatic heterocycles. The van der Waals surface area contributed by atoms with Crippen molar-refractivity contribution in [1.82, 2.24) is 25.0 Å². The molecule has 0 aliphatic rings. The number of aliphatic hydroxyl groups is 1. The normalized spacial score (nSPS) is 13.5. The van der Waals surface area contributed by atoms with Gasteiger partial charge in [-0.1, -0.05) is 52.7 Å². The Morgan fingerprint density at radius 1 is 1.00 bits per heavy atom. The van der Waals surface area contributed by atoms with Crippen LogP contribution in [0.2, 0.25) is 10.2 Å². The van der Waals surface area contributed by atoms with E-state index in [1.165, 1.54) is 10.9 Å². The number of rotatable bonds is 6. The molecule has 0 radical (unpaired) electrons. The minimum absolute atomic E-state index is 0.231. The van der Waals surface area contributed by atoms with Crippen LogP contribution in [0, 0.1) is 13.8 Å². The summed E-state index contributed by atoms with van der Waals surface area (Å²) < 4.78 is 25.2. The van der Waals surface area contributed by atoms with Gasteiger partial charge in [0.2, 0.25) is 0 Å². The van der Waals surface area contributed by atoms with E-state index in [1.807, 2.05) is 26.0 Å². The van der Waals surface area contributed by atoms with E-state index >= 15 is 0 Å². The largest absolute Gasteiger partial charge is 0.374 e. The van der Waals surface area contributed by atoms with E-state index in [-0.39, 0.29) is 10.0 Å². The molecule has 0 bridgehead atoms. The SMILES string of the molecule is Cc1ccc(C(O)(c2ccc3nc(Cl)c(Cc4ccc(S(C)(=O)=O)cc4)c(Cl)c3c2)c2cnnn2C)c(C)n1. The number of halogens is 2. The van der Waals surface area contributed by atoms with E-state index in [0.717, 1.165) is 17.5 Å². The Labute approximate surface area is 236 Å². The monoisotopic (exact) mass is 581 g/mol. The minimum Gasteiger partial charge on any atom is -0.374 e. The van der Waals surface area contributed by atoms with Crippen LogP contribution in [0.15, 0.2) is 65.7 Å². The Kier molecular flexibility index (Phi) is 6.97. The Bertz CT molecular complexity index is 1840. The van der Waals surface area contributed by atoms with E-state index < -0.39 is 15.4 Å². The van der Waals surface area contributed by atoms with E-state index in [1.54, 1.807) is 49.5 Å². The highest BCUT2D eigenvalue weighted by Crippen LogP contribution is 2.40. The third-order valence-electron chi connectivity index (χ3n) is 6.82. The summed E-state index contributed by atoms with van der Waals surface area (Å²) in [5.41, 5.74) is 3.41. The molecule has 0 saturated heterocycles. The van der Waals surface area contributed by atoms with Crippen LogP contribution in [0.5, 0.6) is 0 Å². The van der Waals surface area contributed by atoms with Gasteiger partial charge in [-0.3, -0.25) is 4.98 Å². The number of nitrogens with zero attached hydrogens (tertiary/aromatic N) is 5. The lowest BCUT2D eigenvalue weighted by atomic mass is 9.82. The van der Waals surface area contributed by atoms with Crippen LogP contribution >= 0.6 is 23.2 Å². The molecule has 1 atom stereocenters. The molecule has 0 aliphatic carbocycles. The van der Waals surface area contributed by atoms with Crippen LogP contribution in [0.1, 0.15) is 39.3 Å². The first-order valence-corrected chi connectivity index (χ1v) is 14.6. The van der Waals surface area contributed by atoms with Crippen molar-refractivity contribution in [3.8, 4) is 0 Å². The van der Waals surface area contributed by atoms with Gasteiger partial charge in [0, 0.05) is 47.6 Å². The van der Waals surface area contributed by atoms with Crippen molar-refractivity contribution < 1.29 is 13.5 Å². The summed E-state index contributed by atoms with van der Waals surface area (Å²) in [7, 11) is -1.59. The number of pyridine rings is 2. The summed E-state index contributed by atoms with van der Waals surface area (Å²) in [6, 6.07) is 15.6. The molecular weight excluding hydrogens is 557 g/mol. The highest BCUT2D eigenvalue weighted by molar-refractivity contribution is 7.90. The van der Waals surface area contributed by atoms with Gasteiger partial charge in [-0.05, 0) is 55.3 Å². The summed E-state index contributed by atoms with van der Waals surface area (Å²) in [4.78, 5) is 9.36. The second kappa shape index (κ2) is 9.98. The average Bonchev–Trinajstić information content (AvgIpc) is 3.32. The molecule has 1 N–H and O–H groups in total. The molecule has 1 unspecified atom stereocenters. The quantitative estimate of drug-likeness (QED) is 0.282. The smallest absolute Gasteiger partial charge is 0.175 e. The fraction of sp³-hybridized carbons (Fsp3) is 0.214.